The van der Waals surface area contributed by atoms with Crippen molar-refractivity contribution in [3.63, 3.8) is 0 Å². The van der Waals surface area contributed by atoms with Crippen molar-refractivity contribution in [2.75, 3.05) is 6.54 Å². The van der Waals surface area contributed by atoms with Crippen LogP contribution in [0.1, 0.15) is 36.9 Å². The number of hydrogen-bond acceptors (Lipinski definition) is 4. The number of carbonyl (C=O) groups is 2. The van der Waals surface area contributed by atoms with Crippen molar-refractivity contribution in [3.05, 3.63) is 35.3 Å². The average Bonchev–Trinajstić information content (AvgIpc) is 2.83. The SMILES string of the molecule is Cc1c(C(=O)O[C@H](C)C(=O)NCC(C)C)oc2c(F)cccc12. The van der Waals surface area contributed by atoms with Crippen LogP contribution in [0.25, 0.3) is 11.0 Å². The number of hydrogen-bond donors (Lipinski definition) is 1. The molecular weight excluding hydrogens is 301 g/mol. The van der Waals surface area contributed by atoms with E-state index in [1.54, 1.807) is 13.0 Å². The van der Waals surface area contributed by atoms with E-state index in [1.807, 2.05) is 13.8 Å². The first-order valence-electron chi connectivity index (χ1n) is 7.47. The lowest BCUT2D eigenvalue weighted by Gasteiger charge is -2.14. The summed E-state index contributed by atoms with van der Waals surface area (Å²) in [6.07, 6.45) is -0.960. The van der Waals surface area contributed by atoms with Gasteiger partial charge in [0.25, 0.3) is 5.91 Å². The van der Waals surface area contributed by atoms with Crippen LogP contribution >= 0.6 is 0 Å². The minimum absolute atomic E-state index is 0.00821. The van der Waals surface area contributed by atoms with Crippen molar-refractivity contribution in [1.29, 1.82) is 0 Å². The van der Waals surface area contributed by atoms with Crippen LogP contribution in [0.4, 0.5) is 4.39 Å². The Hall–Kier alpha value is -2.37. The number of para-hydroxylation sites is 1. The molecular formula is C17H20FNO4. The summed E-state index contributed by atoms with van der Waals surface area (Å²) < 4.78 is 24.1. The van der Waals surface area contributed by atoms with Crippen LogP contribution in [0.15, 0.2) is 22.6 Å². The molecule has 2 rings (SSSR count). The van der Waals surface area contributed by atoms with Crippen LogP contribution < -0.4 is 5.32 Å². The van der Waals surface area contributed by atoms with Gasteiger partial charge in [-0.15, -0.1) is 0 Å². The molecule has 0 saturated heterocycles. The van der Waals surface area contributed by atoms with Crippen molar-refractivity contribution in [2.24, 2.45) is 5.92 Å². The summed E-state index contributed by atoms with van der Waals surface area (Å²) in [5.41, 5.74) is 0.494. The number of ether oxygens (including phenoxy) is 1. The second-order valence-electron chi connectivity index (χ2n) is 5.86. The number of rotatable bonds is 5. The largest absolute Gasteiger partial charge is 0.447 e. The maximum Gasteiger partial charge on any atom is 0.375 e. The normalized spacial score (nSPS) is 12.4. The number of carbonyl (C=O) groups excluding carboxylic acids is 2. The van der Waals surface area contributed by atoms with Crippen molar-refractivity contribution < 1.29 is 23.1 Å². The molecule has 0 unspecified atom stereocenters. The highest BCUT2D eigenvalue weighted by Gasteiger charge is 2.25. The third-order valence-electron chi connectivity index (χ3n) is 3.44. The number of aryl methyl sites for hydroxylation is 1. The molecule has 124 valence electrons. The minimum Gasteiger partial charge on any atom is -0.447 e. The van der Waals surface area contributed by atoms with Gasteiger partial charge in [-0.05, 0) is 25.8 Å². The van der Waals surface area contributed by atoms with E-state index >= 15 is 0 Å². The van der Waals surface area contributed by atoms with Gasteiger partial charge in [-0.25, -0.2) is 9.18 Å². The maximum atomic E-state index is 13.7. The van der Waals surface area contributed by atoms with E-state index in [-0.39, 0.29) is 17.3 Å². The Morgan fingerprint density at radius 2 is 2.00 bits per heavy atom. The van der Waals surface area contributed by atoms with Crippen LogP contribution in [-0.4, -0.2) is 24.5 Å². The molecule has 0 aliphatic rings. The quantitative estimate of drug-likeness (QED) is 0.859. The smallest absolute Gasteiger partial charge is 0.375 e. The molecule has 5 nitrogen and oxygen atoms in total. The van der Waals surface area contributed by atoms with Crippen LogP contribution in [0.2, 0.25) is 0 Å². The van der Waals surface area contributed by atoms with E-state index < -0.39 is 17.9 Å². The summed E-state index contributed by atoms with van der Waals surface area (Å²) >= 11 is 0. The second kappa shape index (κ2) is 6.81. The van der Waals surface area contributed by atoms with E-state index in [4.69, 9.17) is 9.15 Å². The number of esters is 1. The predicted molar refractivity (Wildman–Crippen MR) is 83.6 cm³/mol. The third-order valence-corrected chi connectivity index (χ3v) is 3.44. The highest BCUT2D eigenvalue weighted by atomic mass is 19.1. The third kappa shape index (κ3) is 3.70. The number of halogens is 1. The Balaban J connectivity index is 2.13. The van der Waals surface area contributed by atoms with Crippen LogP contribution in [-0.2, 0) is 9.53 Å². The number of nitrogens with one attached hydrogen (secondary N) is 1. The lowest BCUT2D eigenvalue weighted by atomic mass is 10.1. The Kier molecular flexibility index (Phi) is 5.03. The zero-order valence-corrected chi connectivity index (χ0v) is 13.6. The first-order valence-corrected chi connectivity index (χ1v) is 7.47. The number of benzene rings is 1. The molecule has 1 N–H and O–H groups in total. The lowest BCUT2D eigenvalue weighted by molar-refractivity contribution is -0.129. The van der Waals surface area contributed by atoms with E-state index in [1.165, 1.54) is 19.1 Å². The topological polar surface area (TPSA) is 68.5 Å². The zero-order valence-electron chi connectivity index (χ0n) is 13.6. The van der Waals surface area contributed by atoms with Crippen molar-refractivity contribution in [2.45, 2.75) is 33.8 Å². The Morgan fingerprint density at radius 3 is 2.61 bits per heavy atom. The minimum atomic E-state index is -0.960. The van der Waals surface area contributed by atoms with Crippen molar-refractivity contribution >= 4 is 22.8 Å². The number of furan rings is 1. The molecule has 0 bridgehead atoms. The molecule has 23 heavy (non-hydrogen) atoms. The Morgan fingerprint density at radius 1 is 1.30 bits per heavy atom. The van der Waals surface area contributed by atoms with Crippen LogP contribution in [0.3, 0.4) is 0 Å². The number of amides is 1. The monoisotopic (exact) mass is 321 g/mol. The van der Waals surface area contributed by atoms with Gasteiger partial charge in [0.2, 0.25) is 5.76 Å². The molecule has 1 amide bonds. The predicted octanol–water partition coefficient (Wildman–Crippen LogP) is 3.20. The standard InChI is InChI=1S/C17H20FNO4/c1-9(2)8-19-16(20)11(4)22-17(21)14-10(3)12-6-5-7-13(18)15(12)23-14/h5-7,9,11H,8H2,1-4H3,(H,19,20)/t11-/m1/s1. The Bertz CT molecular complexity index is 736. The second-order valence-corrected chi connectivity index (χ2v) is 5.86. The van der Waals surface area contributed by atoms with Crippen molar-refractivity contribution in [3.8, 4) is 0 Å². The number of fused-ring (bicyclic) bond motifs is 1. The molecule has 1 heterocycles. The zero-order chi connectivity index (χ0) is 17.1. The first-order chi connectivity index (χ1) is 10.8. The average molecular weight is 321 g/mol. The molecule has 0 fully saturated rings. The van der Waals surface area contributed by atoms with Gasteiger partial charge in [-0.1, -0.05) is 26.0 Å². The summed E-state index contributed by atoms with van der Waals surface area (Å²) in [4.78, 5) is 24.0. The van der Waals surface area contributed by atoms with E-state index in [9.17, 15) is 14.0 Å². The highest BCUT2D eigenvalue weighted by molar-refractivity contribution is 5.97. The Labute approximate surface area is 133 Å². The van der Waals surface area contributed by atoms with Gasteiger partial charge >= 0.3 is 5.97 Å². The summed E-state index contributed by atoms with van der Waals surface area (Å²) in [5.74, 6) is -1.51. The first kappa shape index (κ1) is 17.0. The molecule has 1 aromatic carbocycles. The summed E-state index contributed by atoms with van der Waals surface area (Å²) in [6, 6.07) is 4.45. The lowest BCUT2D eigenvalue weighted by Crippen LogP contribution is -2.37. The summed E-state index contributed by atoms with van der Waals surface area (Å²) in [6.45, 7) is 7.54. The molecule has 1 atom stereocenters. The van der Waals surface area contributed by atoms with Gasteiger partial charge in [0.05, 0.1) is 0 Å². The highest BCUT2D eigenvalue weighted by Crippen LogP contribution is 2.27. The van der Waals surface area contributed by atoms with Gasteiger partial charge in [-0.3, -0.25) is 4.79 Å². The van der Waals surface area contributed by atoms with E-state index in [0.717, 1.165) is 0 Å². The fourth-order valence-corrected chi connectivity index (χ4v) is 2.12. The molecule has 0 aliphatic heterocycles. The van der Waals surface area contributed by atoms with Gasteiger partial charge < -0.3 is 14.5 Å². The van der Waals surface area contributed by atoms with Crippen molar-refractivity contribution in [1.82, 2.24) is 5.32 Å². The fourth-order valence-electron chi connectivity index (χ4n) is 2.12. The van der Waals surface area contributed by atoms with Crippen LogP contribution in [0.5, 0.6) is 0 Å². The van der Waals surface area contributed by atoms with E-state index in [0.29, 0.717) is 23.4 Å². The molecule has 0 saturated carbocycles. The van der Waals surface area contributed by atoms with Gasteiger partial charge in [0.1, 0.15) is 0 Å². The van der Waals surface area contributed by atoms with Crippen LogP contribution in [0, 0.1) is 18.7 Å². The fraction of sp³-hybridized carbons (Fsp3) is 0.412. The van der Waals surface area contributed by atoms with Gasteiger partial charge in [0, 0.05) is 17.5 Å². The van der Waals surface area contributed by atoms with E-state index in [2.05, 4.69) is 5.32 Å². The molecule has 1 aromatic heterocycles. The molecule has 0 aliphatic carbocycles. The molecule has 2 aromatic rings. The van der Waals surface area contributed by atoms with Gasteiger partial charge in [0.15, 0.2) is 17.5 Å². The summed E-state index contributed by atoms with van der Waals surface area (Å²) in [5, 5.41) is 3.19. The molecule has 0 spiro atoms. The maximum absolute atomic E-state index is 13.7. The summed E-state index contributed by atoms with van der Waals surface area (Å²) in [7, 11) is 0. The molecule has 0 radical (unpaired) electrons. The van der Waals surface area contributed by atoms with Gasteiger partial charge in [-0.2, -0.15) is 0 Å². The molecule has 6 heteroatoms.